The molecule has 4 nitrogen and oxygen atoms in total. The van der Waals surface area contributed by atoms with Crippen molar-refractivity contribution in [2.24, 2.45) is 0 Å². The number of piperidine rings is 1. The maximum Gasteiger partial charge on any atom is 0.320 e. The molecule has 2 heterocycles. The van der Waals surface area contributed by atoms with Crippen LogP contribution in [-0.4, -0.2) is 59.1 Å². The van der Waals surface area contributed by atoms with Crippen molar-refractivity contribution < 1.29 is 9.90 Å². The van der Waals surface area contributed by atoms with Crippen LogP contribution >= 0.6 is 0 Å². The maximum atomic E-state index is 11.4. The lowest BCUT2D eigenvalue weighted by Gasteiger charge is -2.38. The number of hydrogen-bond donors (Lipinski definition) is 1. The molecule has 0 saturated carbocycles. The fourth-order valence-corrected chi connectivity index (χ4v) is 3.44. The van der Waals surface area contributed by atoms with Gasteiger partial charge in [0.25, 0.3) is 0 Å². The molecule has 104 valence electrons. The molecule has 2 aliphatic heterocycles. The predicted octanol–water partition coefficient (Wildman–Crippen LogP) is 1.80. The van der Waals surface area contributed by atoms with E-state index in [1.807, 2.05) is 0 Å². The van der Waals surface area contributed by atoms with E-state index in [2.05, 4.69) is 16.7 Å². The molecule has 2 aliphatic rings. The lowest BCUT2D eigenvalue weighted by atomic mass is 9.97. The number of nitrogens with zero attached hydrogens (tertiary/aromatic N) is 2. The van der Waals surface area contributed by atoms with Gasteiger partial charge in [0.15, 0.2) is 0 Å². The maximum absolute atomic E-state index is 11.4. The zero-order valence-electron chi connectivity index (χ0n) is 11.5. The first-order chi connectivity index (χ1) is 8.72. The Bertz CT molecular complexity index is 283. The largest absolute Gasteiger partial charge is 0.480 e. The van der Waals surface area contributed by atoms with Crippen LogP contribution in [0.1, 0.15) is 45.4 Å². The summed E-state index contributed by atoms with van der Waals surface area (Å²) < 4.78 is 0. The number of carbonyl (C=O) groups is 1. The Kier molecular flexibility index (Phi) is 5.01. The third kappa shape index (κ3) is 3.23. The highest BCUT2D eigenvalue weighted by Gasteiger charge is 2.33. The molecule has 2 fully saturated rings. The van der Waals surface area contributed by atoms with Crippen molar-refractivity contribution in [3.05, 3.63) is 0 Å². The van der Waals surface area contributed by atoms with Gasteiger partial charge >= 0.3 is 5.97 Å². The molecule has 2 unspecified atom stereocenters. The summed E-state index contributed by atoms with van der Waals surface area (Å²) in [6, 6.07) is 0.264. The van der Waals surface area contributed by atoms with Crippen molar-refractivity contribution in [2.45, 2.75) is 57.5 Å². The second kappa shape index (κ2) is 6.53. The Morgan fingerprint density at radius 3 is 2.67 bits per heavy atom. The van der Waals surface area contributed by atoms with Crippen molar-refractivity contribution in [3.8, 4) is 0 Å². The van der Waals surface area contributed by atoms with Crippen LogP contribution in [0.2, 0.25) is 0 Å². The zero-order valence-corrected chi connectivity index (χ0v) is 11.5. The van der Waals surface area contributed by atoms with E-state index in [9.17, 15) is 9.90 Å². The Balaban J connectivity index is 1.97. The Hall–Kier alpha value is -0.610. The fourth-order valence-electron chi connectivity index (χ4n) is 3.44. The first-order valence-corrected chi connectivity index (χ1v) is 7.43. The molecule has 0 aliphatic carbocycles. The Morgan fingerprint density at radius 2 is 1.94 bits per heavy atom. The van der Waals surface area contributed by atoms with Crippen molar-refractivity contribution in [1.29, 1.82) is 0 Å². The van der Waals surface area contributed by atoms with Crippen LogP contribution in [0, 0.1) is 0 Å². The summed E-state index contributed by atoms with van der Waals surface area (Å²) in [7, 11) is 0. The summed E-state index contributed by atoms with van der Waals surface area (Å²) in [4.78, 5) is 16.1. The molecule has 4 heteroatoms. The van der Waals surface area contributed by atoms with E-state index in [1.165, 1.54) is 19.4 Å². The Morgan fingerprint density at radius 1 is 1.11 bits per heavy atom. The average Bonchev–Trinajstić information content (AvgIpc) is 2.63. The lowest BCUT2D eigenvalue weighted by molar-refractivity contribution is -0.146. The molecule has 0 bridgehead atoms. The van der Waals surface area contributed by atoms with E-state index in [4.69, 9.17) is 0 Å². The number of aliphatic carboxylic acids is 1. The van der Waals surface area contributed by atoms with Gasteiger partial charge in [-0.1, -0.05) is 13.3 Å². The normalized spacial score (nSPS) is 32.1. The van der Waals surface area contributed by atoms with Crippen molar-refractivity contribution in [1.82, 2.24) is 9.80 Å². The highest BCUT2D eigenvalue weighted by molar-refractivity contribution is 5.73. The number of likely N-dealkylation sites (tertiary alicyclic amines) is 2. The third-order valence-electron chi connectivity index (χ3n) is 4.54. The second-order valence-corrected chi connectivity index (χ2v) is 5.61. The van der Waals surface area contributed by atoms with Gasteiger partial charge in [-0.3, -0.25) is 9.69 Å². The minimum atomic E-state index is -0.619. The van der Waals surface area contributed by atoms with Crippen LogP contribution in [-0.2, 0) is 4.79 Å². The van der Waals surface area contributed by atoms with E-state index in [-0.39, 0.29) is 6.04 Å². The molecule has 0 aromatic rings. The molecule has 2 rings (SSSR count). The summed E-state index contributed by atoms with van der Waals surface area (Å²) in [6.07, 6.45) is 6.58. The van der Waals surface area contributed by atoms with Gasteiger partial charge in [0.1, 0.15) is 6.04 Å². The van der Waals surface area contributed by atoms with Gasteiger partial charge in [-0.15, -0.1) is 0 Å². The summed E-state index contributed by atoms with van der Waals surface area (Å²) in [5.74, 6) is -0.619. The van der Waals surface area contributed by atoms with Crippen LogP contribution in [0.25, 0.3) is 0 Å². The molecule has 18 heavy (non-hydrogen) atoms. The predicted molar refractivity (Wildman–Crippen MR) is 71.7 cm³/mol. The fraction of sp³-hybridized carbons (Fsp3) is 0.929. The number of hydrogen-bond acceptors (Lipinski definition) is 3. The van der Waals surface area contributed by atoms with Gasteiger partial charge in [-0.25, -0.2) is 0 Å². The molecule has 0 amide bonds. The van der Waals surface area contributed by atoms with Crippen LogP contribution in [0.4, 0.5) is 0 Å². The van der Waals surface area contributed by atoms with Gasteiger partial charge in [0, 0.05) is 6.04 Å². The second-order valence-electron chi connectivity index (χ2n) is 5.61. The number of carboxylic acids is 1. The number of carboxylic acid groups (broad SMARTS) is 1. The monoisotopic (exact) mass is 254 g/mol. The van der Waals surface area contributed by atoms with Crippen LogP contribution in [0.5, 0.6) is 0 Å². The molecular weight excluding hydrogens is 228 g/mol. The van der Waals surface area contributed by atoms with E-state index >= 15 is 0 Å². The summed E-state index contributed by atoms with van der Waals surface area (Å²) in [5.41, 5.74) is 0. The Labute approximate surface area is 110 Å². The van der Waals surface area contributed by atoms with Gasteiger partial charge in [0.05, 0.1) is 0 Å². The van der Waals surface area contributed by atoms with Crippen molar-refractivity contribution in [2.75, 3.05) is 26.2 Å². The average molecular weight is 254 g/mol. The quantitative estimate of drug-likeness (QED) is 0.834. The van der Waals surface area contributed by atoms with Crippen molar-refractivity contribution in [3.63, 3.8) is 0 Å². The molecule has 0 aromatic carbocycles. The SMILES string of the molecule is CCN1CCCC(N2CCCCC2C(=O)O)CC1. The van der Waals surface area contributed by atoms with Crippen LogP contribution < -0.4 is 0 Å². The zero-order chi connectivity index (χ0) is 13.0. The van der Waals surface area contributed by atoms with Crippen LogP contribution in [0.3, 0.4) is 0 Å². The highest BCUT2D eigenvalue weighted by atomic mass is 16.4. The van der Waals surface area contributed by atoms with E-state index < -0.39 is 5.97 Å². The van der Waals surface area contributed by atoms with Gasteiger partial charge in [-0.2, -0.15) is 0 Å². The minimum Gasteiger partial charge on any atom is -0.480 e. The highest BCUT2D eigenvalue weighted by Crippen LogP contribution is 2.25. The van der Waals surface area contributed by atoms with Crippen LogP contribution in [0.15, 0.2) is 0 Å². The molecular formula is C14H26N2O2. The first-order valence-electron chi connectivity index (χ1n) is 7.43. The van der Waals surface area contributed by atoms with Gasteiger partial charge in [-0.05, 0) is 58.3 Å². The van der Waals surface area contributed by atoms with E-state index in [0.717, 1.165) is 45.3 Å². The van der Waals surface area contributed by atoms with Crippen molar-refractivity contribution >= 4 is 5.97 Å². The topological polar surface area (TPSA) is 43.8 Å². The minimum absolute atomic E-state index is 0.225. The van der Waals surface area contributed by atoms with E-state index in [0.29, 0.717) is 6.04 Å². The first kappa shape index (κ1) is 13.8. The summed E-state index contributed by atoms with van der Waals surface area (Å²) in [5, 5.41) is 9.36. The molecule has 2 saturated heterocycles. The molecule has 0 aromatic heterocycles. The molecule has 2 atom stereocenters. The third-order valence-corrected chi connectivity index (χ3v) is 4.54. The van der Waals surface area contributed by atoms with Gasteiger partial charge in [0.2, 0.25) is 0 Å². The summed E-state index contributed by atoms with van der Waals surface area (Å²) in [6.45, 7) is 6.62. The smallest absolute Gasteiger partial charge is 0.320 e. The van der Waals surface area contributed by atoms with E-state index in [1.54, 1.807) is 0 Å². The lowest BCUT2D eigenvalue weighted by Crippen LogP contribution is -2.50. The molecule has 1 N–H and O–H groups in total. The molecule has 0 radical (unpaired) electrons. The van der Waals surface area contributed by atoms with Gasteiger partial charge < -0.3 is 10.0 Å². The standard InChI is InChI=1S/C14H26N2O2/c1-2-15-9-5-6-12(8-11-15)16-10-4-3-7-13(16)14(17)18/h12-13H,2-11H2,1H3,(H,17,18). The summed E-state index contributed by atoms with van der Waals surface area (Å²) >= 11 is 0. The molecule has 0 spiro atoms. The number of rotatable bonds is 3.